The summed E-state index contributed by atoms with van der Waals surface area (Å²) >= 11 is 0. The second-order valence-corrected chi connectivity index (χ2v) is 23.8. The Balaban J connectivity index is 1.51. The van der Waals surface area contributed by atoms with Gasteiger partial charge in [-0.1, -0.05) is 152 Å². The van der Waals surface area contributed by atoms with E-state index in [4.69, 9.17) is 18.5 Å². The molecule has 1 spiro atoms. The summed E-state index contributed by atoms with van der Waals surface area (Å²) in [4.78, 5) is 25.9. The molecule has 402 valence electrons. The summed E-state index contributed by atoms with van der Waals surface area (Å²) in [5.74, 6) is -0.396. The van der Waals surface area contributed by atoms with E-state index < -0.39 is 21.4 Å². The number of phosphoric ester groups is 2. The predicted molar refractivity (Wildman–Crippen MR) is 281 cm³/mol. The van der Waals surface area contributed by atoms with Crippen LogP contribution in [0.2, 0.25) is 0 Å². The van der Waals surface area contributed by atoms with Crippen molar-refractivity contribution >= 4 is 15.6 Å². The third-order valence-corrected chi connectivity index (χ3v) is 17.2. The average Bonchev–Trinajstić information content (AvgIpc) is 3.69. The molecule has 6 atom stereocenters. The monoisotopic (exact) mass is 1010 g/mol. The lowest BCUT2D eigenvalue weighted by Crippen LogP contribution is -2.49. The third-order valence-electron chi connectivity index (χ3n) is 15.3. The van der Waals surface area contributed by atoms with Crippen molar-refractivity contribution < 1.29 is 46.5 Å². The van der Waals surface area contributed by atoms with Gasteiger partial charge in [-0.25, -0.2) is 0 Å². The smallest absolute Gasteiger partial charge is 0.267 e. The van der Waals surface area contributed by atoms with Gasteiger partial charge in [-0.3, -0.25) is 9.13 Å². The number of hydrogen-bond acceptors (Lipinski definition) is 11. The van der Waals surface area contributed by atoms with Gasteiger partial charge in [0.1, 0.15) is 0 Å². The van der Waals surface area contributed by atoms with Crippen molar-refractivity contribution in [3.05, 3.63) is 48.6 Å². The van der Waals surface area contributed by atoms with Gasteiger partial charge < -0.3 is 42.3 Å². The zero-order chi connectivity index (χ0) is 49.9. The van der Waals surface area contributed by atoms with Crippen LogP contribution in [0.5, 0.6) is 0 Å². The van der Waals surface area contributed by atoms with E-state index in [-0.39, 0.29) is 37.4 Å². The molecule has 0 bridgehead atoms. The molecule has 1 heterocycles. The average molecular weight is 1010 g/mol. The van der Waals surface area contributed by atoms with Crippen LogP contribution in [0, 0.1) is 11.3 Å². The third kappa shape index (κ3) is 27.3. The van der Waals surface area contributed by atoms with Gasteiger partial charge in [0.15, 0.2) is 5.79 Å². The van der Waals surface area contributed by atoms with Gasteiger partial charge in [0, 0.05) is 39.6 Å². The Morgan fingerprint density at radius 3 is 1.43 bits per heavy atom. The molecule has 11 nitrogen and oxygen atoms in total. The van der Waals surface area contributed by atoms with Gasteiger partial charge in [-0.05, 0) is 134 Å². The van der Waals surface area contributed by atoms with Crippen LogP contribution in [-0.2, 0) is 36.7 Å². The molecular weight excluding hydrogens is 909 g/mol. The lowest BCUT2D eigenvalue weighted by atomic mass is 9.66. The fourth-order valence-electron chi connectivity index (χ4n) is 11.0. The number of rotatable bonds is 42. The number of phosphoric acid groups is 2. The minimum Gasteiger partial charge on any atom is -0.756 e. The summed E-state index contributed by atoms with van der Waals surface area (Å²) in [6, 6.07) is 0.0685. The number of ether oxygens (including phenoxy) is 2. The zero-order valence-electron chi connectivity index (χ0n) is 44.5. The maximum absolute atomic E-state index is 11.9. The van der Waals surface area contributed by atoms with Crippen molar-refractivity contribution in [1.29, 1.82) is 0 Å². The van der Waals surface area contributed by atoms with Crippen LogP contribution in [-0.4, -0.2) is 70.0 Å². The highest BCUT2D eigenvalue weighted by molar-refractivity contribution is 7.46. The van der Waals surface area contributed by atoms with Crippen molar-refractivity contribution in [2.45, 2.75) is 256 Å². The summed E-state index contributed by atoms with van der Waals surface area (Å²) in [6.07, 6.45) is 58.7. The first-order chi connectivity index (χ1) is 33.4. The second kappa shape index (κ2) is 36.9. The van der Waals surface area contributed by atoms with E-state index in [0.29, 0.717) is 18.4 Å². The highest BCUT2D eigenvalue weighted by Crippen LogP contribution is 2.54. The lowest BCUT2D eigenvalue weighted by molar-refractivity contribution is -0.224. The molecule has 1 saturated heterocycles. The number of unbranched alkanes of at least 4 members (excludes halogenated alkanes) is 18. The van der Waals surface area contributed by atoms with Crippen LogP contribution in [0.15, 0.2) is 48.6 Å². The highest BCUT2D eigenvalue weighted by Gasteiger charge is 2.54. The van der Waals surface area contributed by atoms with E-state index in [1.807, 2.05) is 7.05 Å². The van der Waals surface area contributed by atoms with E-state index in [1.54, 1.807) is 0 Å². The number of nitrogens with zero attached hydrogens (tertiary/aromatic N) is 1. The van der Waals surface area contributed by atoms with Crippen LogP contribution in [0.4, 0.5) is 0 Å². The molecule has 3 fully saturated rings. The highest BCUT2D eigenvalue weighted by atomic mass is 31.2. The van der Waals surface area contributed by atoms with Crippen molar-refractivity contribution in [1.82, 2.24) is 4.90 Å². The van der Waals surface area contributed by atoms with Gasteiger partial charge in [-0.15, -0.1) is 0 Å². The predicted octanol–water partition coefficient (Wildman–Crippen LogP) is 15.2. The molecule has 69 heavy (non-hydrogen) atoms. The normalized spacial score (nSPS) is 23.3. The molecule has 0 radical (unpaired) electrons. The van der Waals surface area contributed by atoms with Gasteiger partial charge in [-0.2, -0.15) is 0 Å². The van der Waals surface area contributed by atoms with Crippen molar-refractivity contribution in [2.24, 2.45) is 11.3 Å². The summed E-state index contributed by atoms with van der Waals surface area (Å²) in [6.45, 7) is 4.93. The van der Waals surface area contributed by atoms with E-state index >= 15 is 0 Å². The molecule has 0 N–H and O–H groups in total. The molecule has 13 heteroatoms. The molecule has 0 aromatic carbocycles. The first-order valence-electron chi connectivity index (χ1n) is 28.1. The molecule has 2 aliphatic carbocycles. The second-order valence-electron chi connectivity index (χ2n) is 20.7. The van der Waals surface area contributed by atoms with Crippen LogP contribution in [0.3, 0.4) is 0 Å². The SMILES string of the molecule is CCCCC/C=C\C/C=C\CCCCCCCCC1(CCCCCCCC/C=C\C/C=C\CCCCC)CCC2(CC1)O[C@H]1CC(N(C)CCOP(=O)([O-])OC)[C@@H](CCCOP(=O)([O-])OC)C[C@@H]1O2. The lowest BCUT2D eigenvalue weighted by Gasteiger charge is -2.44. The Hall–Kier alpha value is -0.940. The van der Waals surface area contributed by atoms with Crippen molar-refractivity contribution in [3.63, 3.8) is 0 Å². The quantitative estimate of drug-likeness (QED) is 0.0328. The number of likely N-dealkylation sites (N-methyl/N-ethyl adjacent to an activating group) is 1. The maximum Gasteiger partial charge on any atom is 0.267 e. The largest absolute Gasteiger partial charge is 0.756 e. The Bertz CT molecular complexity index is 1460. The van der Waals surface area contributed by atoms with Crippen LogP contribution in [0.25, 0.3) is 0 Å². The van der Waals surface area contributed by atoms with Crippen molar-refractivity contribution in [2.75, 3.05) is 41.0 Å². The first kappa shape index (κ1) is 62.4. The standard InChI is InChI=1S/C56H103NO10P2/c1-6-8-10-12-14-16-18-20-22-24-26-28-30-32-34-36-40-55(41-37-35-33-31-29-27-25-23-21-19-17-15-13-11-9-7-2)42-44-56(45-43-55)66-53-49-51(39-38-47-64-68(58,59)62-4)52(50-54(53)67-56)57(3)46-48-65-69(60,61)63-5/h14-17,20-23,51-54H,6-13,18-19,24-50H2,1-5H3,(H,58,59)(H,60,61)/p-2/b16-14-,17-15-,22-20-,23-21-/t51-,52?,53-,54-/m0/s1. The Morgan fingerprint density at radius 2 is 0.971 bits per heavy atom. The zero-order valence-corrected chi connectivity index (χ0v) is 46.3. The first-order valence-corrected chi connectivity index (χ1v) is 31.0. The Kier molecular flexibility index (Phi) is 33.3. The van der Waals surface area contributed by atoms with Crippen LogP contribution in [0.1, 0.15) is 232 Å². The summed E-state index contributed by atoms with van der Waals surface area (Å²) in [5, 5.41) is 0. The molecule has 3 rings (SSSR count). The van der Waals surface area contributed by atoms with Gasteiger partial charge in [0.2, 0.25) is 0 Å². The fourth-order valence-corrected chi connectivity index (χ4v) is 11.8. The summed E-state index contributed by atoms with van der Waals surface area (Å²) < 4.78 is 56.9. The molecule has 3 unspecified atom stereocenters. The van der Waals surface area contributed by atoms with Gasteiger partial charge in [0.25, 0.3) is 15.6 Å². The Labute approximate surface area is 422 Å². The molecule has 0 aromatic heterocycles. The number of hydrogen-bond donors (Lipinski definition) is 0. The maximum atomic E-state index is 11.9. The fraction of sp³-hybridized carbons (Fsp3) is 0.857. The summed E-state index contributed by atoms with van der Waals surface area (Å²) in [5.41, 5.74) is 0.341. The van der Waals surface area contributed by atoms with E-state index in [0.717, 1.165) is 72.0 Å². The molecular formula is C56H101NO10P2-2. The van der Waals surface area contributed by atoms with Gasteiger partial charge in [0.05, 0.1) is 25.4 Å². The van der Waals surface area contributed by atoms with E-state index in [9.17, 15) is 18.9 Å². The van der Waals surface area contributed by atoms with Crippen LogP contribution < -0.4 is 9.79 Å². The number of allylic oxidation sites excluding steroid dienone is 8. The van der Waals surface area contributed by atoms with E-state index in [1.165, 1.54) is 154 Å². The van der Waals surface area contributed by atoms with Crippen LogP contribution >= 0.6 is 15.6 Å². The molecule has 1 aliphatic heterocycles. The minimum absolute atomic E-state index is 0.0214. The molecule has 3 aliphatic rings. The van der Waals surface area contributed by atoms with E-state index in [2.05, 4.69) is 76.4 Å². The number of fused-ring (bicyclic) bond motifs is 1. The van der Waals surface area contributed by atoms with Crippen molar-refractivity contribution in [3.8, 4) is 0 Å². The summed E-state index contributed by atoms with van der Waals surface area (Å²) in [7, 11) is -4.46. The molecule has 0 amide bonds. The van der Waals surface area contributed by atoms with Gasteiger partial charge >= 0.3 is 0 Å². The molecule has 0 aromatic rings. The topological polar surface area (TPSA) is 139 Å². The minimum atomic E-state index is -4.34. The molecule has 2 saturated carbocycles. The Morgan fingerprint density at radius 1 is 0.551 bits per heavy atom.